The van der Waals surface area contributed by atoms with Crippen molar-refractivity contribution < 1.29 is 8.42 Å². The molecule has 4 rings (SSSR count). The molecular weight excluding hydrogens is 374 g/mol. The van der Waals surface area contributed by atoms with E-state index in [1.807, 2.05) is 42.6 Å². The number of thiazole rings is 1. The number of aryl methyl sites for hydroxylation is 1. The number of pyridine rings is 1. The van der Waals surface area contributed by atoms with Crippen molar-refractivity contribution in [2.75, 3.05) is 4.72 Å². The Morgan fingerprint density at radius 2 is 1.96 bits per heavy atom. The Morgan fingerprint density at radius 1 is 1.12 bits per heavy atom. The van der Waals surface area contributed by atoms with E-state index in [0.29, 0.717) is 5.82 Å². The maximum Gasteiger partial charge on any atom is 0.272 e. The molecule has 1 aromatic carbocycles. The summed E-state index contributed by atoms with van der Waals surface area (Å²) in [5.74, 6) is 0.315. The number of nitrogens with zero attached hydrogens (tertiary/aromatic N) is 2. The summed E-state index contributed by atoms with van der Waals surface area (Å²) in [5, 5.41) is 2.63. The van der Waals surface area contributed by atoms with Crippen LogP contribution in [0.15, 0.2) is 58.3 Å². The first kappa shape index (κ1) is 16.2. The van der Waals surface area contributed by atoms with E-state index in [1.54, 1.807) is 29.7 Å². The van der Waals surface area contributed by atoms with Gasteiger partial charge in [-0.2, -0.15) is 0 Å². The zero-order chi connectivity index (χ0) is 17.4. The standard InChI is InChI=1S/C17H13N3O2S3/c1-11-6-7-18-15(8-11)20-25(21,22)16-9-12(10-23-16)17-19-13-4-2-3-5-14(13)24-17/h2-10H,1H3,(H,18,20). The largest absolute Gasteiger partial charge is 0.272 e. The minimum atomic E-state index is -3.66. The molecule has 0 bridgehead atoms. The molecule has 3 heterocycles. The van der Waals surface area contributed by atoms with Crippen LogP contribution in [0, 0.1) is 6.92 Å². The fraction of sp³-hybridized carbons (Fsp3) is 0.0588. The van der Waals surface area contributed by atoms with E-state index >= 15 is 0 Å². The van der Waals surface area contributed by atoms with Gasteiger partial charge >= 0.3 is 0 Å². The Kier molecular flexibility index (Phi) is 4.03. The van der Waals surface area contributed by atoms with E-state index in [1.165, 1.54) is 11.3 Å². The Bertz CT molecular complexity index is 1130. The van der Waals surface area contributed by atoms with Crippen LogP contribution in [0.4, 0.5) is 5.82 Å². The number of hydrogen-bond donors (Lipinski definition) is 1. The topological polar surface area (TPSA) is 72.0 Å². The second kappa shape index (κ2) is 6.21. The van der Waals surface area contributed by atoms with Gasteiger partial charge in [0.15, 0.2) is 0 Å². The Labute approximate surface area is 153 Å². The van der Waals surface area contributed by atoms with Gasteiger partial charge in [-0.05, 0) is 42.8 Å². The highest BCUT2D eigenvalue weighted by molar-refractivity contribution is 7.94. The lowest BCUT2D eigenvalue weighted by Crippen LogP contribution is -2.12. The van der Waals surface area contributed by atoms with Gasteiger partial charge in [-0.15, -0.1) is 22.7 Å². The molecule has 25 heavy (non-hydrogen) atoms. The molecular formula is C17H13N3O2S3. The first-order chi connectivity index (χ1) is 12.0. The van der Waals surface area contributed by atoms with E-state index in [4.69, 9.17) is 0 Å². The SMILES string of the molecule is Cc1ccnc(NS(=O)(=O)c2cc(-c3nc4ccccc4s3)cs2)c1. The zero-order valence-corrected chi connectivity index (χ0v) is 15.6. The van der Waals surface area contributed by atoms with Crippen molar-refractivity contribution >= 4 is 48.7 Å². The number of hydrogen-bond acceptors (Lipinski definition) is 6. The average molecular weight is 388 g/mol. The van der Waals surface area contributed by atoms with Crippen molar-refractivity contribution in [3.63, 3.8) is 0 Å². The molecule has 0 amide bonds. The second-order valence-corrected chi connectivity index (χ2v) is 9.32. The van der Waals surface area contributed by atoms with Crippen molar-refractivity contribution in [1.29, 1.82) is 0 Å². The molecule has 0 atom stereocenters. The van der Waals surface area contributed by atoms with Crippen LogP contribution in [0.5, 0.6) is 0 Å². The molecule has 0 aliphatic heterocycles. The number of benzene rings is 1. The first-order valence-corrected chi connectivity index (χ1v) is 10.6. The number of rotatable bonds is 4. The molecule has 126 valence electrons. The monoisotopic (exact) mass is 387 g/mol. The fourth-order valence-corrected chi connectivity index (χ4v) is 5.54. The highest BCUT2D eigenvalue weighted by Crippen LogP contribution is 2.34. The number of para-hydroxylation sites is 1. The summed E-state index contributed by atoms with van der Waals surface area (Å²) in [6, 6.07) is 13.0. The third-order valence-electron chi connectivity index (χ3n) is 3.54. The molecule has 0 aliphatic carbocycles. The molecule has 0 spiro atoms. The lowest BCUT2D eigenvalue weighted by Gasteiger charge is -2.05. The van der Waals surface area contributed by atoms with Crippen molar-refractivity contribution in [2.45, 2.75) is 11.1 Å². The minimum Gasteiger partial charge on any atom is -0.263 e. The molecule has 4 aromatic rings. The third-order valence-corrected chi connectivity index (χ3v) is 7.42. The Balaban J connectivity index is 1.65. The quantitative estimate of drug-likeness (QED) is 0.558. The van der Waals surface area contributed by atoms with E-state index < -0.39 is 10.0 Å². The second-order valence-electron chi connectivity index (χ2n) is 5.47. The summed E-state index contributed by atoms with van der Waals surface area (Å²) in [4.78, 5) is 8.62. The lowest BCUT2D eigenvalue weighted by atomic mass is 10.3. The van der Waals surface area contributed by atoms with Gasteiger partial charge in [0.1, 0.15) is 15.0 Å². The van der Waals surface area contributed by atoms with Crippen LogP contribution >= 0.6 is 22.7 Å². The van der Waals surface area contributed by atoms with Gasteiger partial charge in [0.2, 0.25) is 0 Å². The van der Waals surface area contributed by atoms with Crippen LogP contribution in [0.2, 0.25) is 0 Å². The first-order valence-electron chi connectivity index (χ1n) is 7.41. The predicted octanol–water partition coefficient (Wildman–Crippen LogP) is 4.53. The molecule has 0 radical (unpaired) electrons. The van der Waals surface area contributed by atoms with Crippen molar-refractivity contribution in [1.82, 2.24) is 9.97 Å². The Hall–Kier alpha value is -2.29. The van der Waals surface area contributed by atoms with Crippen LogP contribution in [-0.2, 0) is 10.0 Å². The Morgan fingerprint density at radius 3 is 2.76 bits per heavy atom. The van der Waals surface area contributed by atoms with Gasteiger partial charge in [-0.25, -0.2) is 18.4 Å². The third kappa shape index (κ3) is 3.28. The van der Waals surface area contributed by atoms with Gasteiger partial charge in [0, 0.05) is 17.1 Å². The summed E-state index contributed by atoms with van der Waals surface area (Å²) in [6.45, 7) is 1.88. The average Bonchev–Trinajstić information content (AvgIpc) is 3.21. The van der Waals surface area contributed by atoms with Crippen LogP contribution < -0.4 is 4.72 Å². The van der Waals surface area contributed by atoms with Gasteiger partial charge in [-0.3, -0.25) is 4.72 Å². The molecule has 1 N–H and O–H groups in total. The highest BCUT2D eigenvalue weighted by Gasteiger charge is 2.19. The number of thiophene rings is 1. The molecule has 0 fully saturated rings. The normalized spacial score (nSPS) is 11.7. The maximum absolute atomic E-state index is 12.6. The number of anilines is 1. The highest BCUT2D eigenvalue weighted by atomic mass is 32.2. The van der Waals surface area contributed by atoms with E-state index in [9.17, 15) is 8.42 Å². The molecule has 0 aliphatic rings. The van der Waals surface area contributed by atoms with Gasteiger partial charge < -0.3 is 0 Å². The number of nitrogens with one attached hydrogen (secondary N) is 1. The van der Waals surface area contributed by atoms with Crippen LogP contribution in [0.3, 0.4) is 0 Å². The van der Waals surface area contributed by atoms with E-state index in [-0.39, 0.29) is 4.21 Å². The van der Waals surface area contributed by atoms with Crippen molar-refractivity contribution in [2.24, 2.45) is 0 Å². The van der Waals surface area contributed by atoms with Gasteiger partial charge in [0.05, 0.1) is 10.2 Å². The molecule has 0 saturated heterocycles. The van der Waals surface area contributed by atoms with Crippen molar-refractivity contribution in [3.05, 3.63) is 59.6 Å². The van der Waals surface area contributed by atoms with Crippen LogP contribution in [0.25, 0.3) is 20.8 Å². The molecule has 0 unspecified atom stereocenters. The zero-order valence-electron chi connectivity index (χ0n) is 13.1. The van der Waals surface area contributed by atoms with Crippen molar-refractivity contribution in [3.8, 4) is 10.6 Å². The maximum atomic E-state index is 12.6. The molecule has 8 heteroatoms. The smallest absolute Gasteiger partial charge is 0.263 e. The molecule has 0 saturated carbocycles. The van der Waals surface area contributed by atoms with Gasteiger partial charge in [0.25, 0.3) is 10.0 Å². The van der Waals surface area contributed by atoms with Crippen LogP contribution in [0.1, 0.15) is 5.56 Å². The lowest BCUT2D eigenvalue weighted by molar-refractivity contribution is 0.603. The predicted molar refractivity (Wildman–Crippen MR) is 103 cm³/mol. The molecule has 5 nitrogen and oxygen atoms in total. The molecule has 3 aromatic heterocycles. The van der Waals surface area contributed by atoms with E-state index in [2.05, 4.69) is 14.7 Å². The summed E-state index contributed by atoms with van der Waals surface area (Å²) in [7, 11) is -3.66. The number of fused-ring (bicyclic) bond motifs is 1. The minimum absolute atomic E-state index is 0.241. The number of sulfonamides is 1. The summed E-state index contributed by atoms with van der Waals surface area (Å²) < 4.78 is 29.0. The van der Waals surface area contributed by atoms with E-state index in [0.717, 1.165) is 26.4 Å². The summed E-state index contributed by atoms with van der Waals surface area (Å²) >= 11 is 2.72. The van der Waals surface area contributed by atoms with Gasteiger partial charge in [-0.1, -0.05) is 12.1 Å². The summed E-state index contributed by atoms with van der Waals surface area (Å²) in [5.41, 5.74) is 2.66. The fourth-order valence-electron chi connectivity index (χ4n) is 2.35. The van der Waals surface area contributed by atoms with Crippen LogP contribution in [-0.4, -0.2) is 18.4 Å². The summed E-state index contributed by atoms with van der Waals surface area (Å²) in [6.07, 6.45) is 1.58. The number of aromatic nitrogens is 2.